The SMILES string of the molecule is c1ccc(-c2nc(-c3ccccc3)nc(-c3nc(-c4nc(-c5ccccc5)nc(-c5ccccc5)n4)nc(-n4c5ccc(C6CCCC6)cc5c5c6c7cc(C8CCCC8)ccc7n(-c7nc(-c8ccc9oc%10ccccc%10c9c8)nc(-c8ccc9oc%10ccccc%10c9c8)n7)c6ccc54)n3)n2)cc1. The summed E-state index contributed by atoms with van der Waals surface area (Å²) >= 11 is 0. The van der Waals surface area contributed by atoms with Crippen molar-refractivity contribution < 1.29 is 8.83 Å². The molecule has 2 fully saturated rings. The van der Waals surface area contributed by atoms with Crippen LogP contribution in [0.1, 0.15) is 74.3 Å². The molecule has 0 atom stereocenters. The Bertz CT molecular complexity index is 6250. The first-order chi connectivity index (χ1) is 51.5. The molecule has 0 N–H and O–H groups in total. The number of furan rings is 2. The maximum absolute atomic E-state index is 6.40. The van der Waals surface area contributed by atoms with Crippen molar-refractivity contribution in [2.75, 3.05) is 0 Å². The third-order valence-electron chi connectivity index (χ3n) is 21.1. The first kappa shape index (κ1) is 59.5. The van der Waals surface area contributed by atoms with Crippen molar-refractivity contribution in [3.63, 3.8) is 0 Å². The Hall–Kier alpha value is -13.3. The predicted molar refractivity (Wildman–Crippen MR) is 409 cm³/mol. The van der Waals surface area contributed by atoms with E-state index in [-0.39, 0.29) is 23.3 Å². The Morgan fingerprint density at radius 1 is 0.231 bits per heavy atom. The van der Waals surface area contributed by atoms with Gasteiger partial charge in [0.1, 0.15) is 22.3 Å². The maximum atomic E-state index is 6.40. The quantitative estimate of drug-likeness (QED) is 0.112. The molecule has 16 nitrogen and oxygen atoms in total. The summed E-state index contributed by atoms with van der Waals surface area (Å²) < 4.78 is 17.2. The molecule has 2 aliphatic rings. The largest absolute Gasteiger partial charge is 0.456 e. The van der Waals surface area contributed by atoms with Crippen LogP contribution in [0.4, 0.5) is 0 Å². The van der Waals surface area contributed by atoms with Gasteiger partial charge in [-0.15, -0.1) is 0 Å². The monoisotopic (exact) mass is 1340 g/mol. The molecular formula is C88H60N14O2. The summed E-state index contributed by atoms with van der Waals surface area (Å²) in [4.78, 5) is 64.3. The normalized spacial score (nSPS) is 13.8. The molecule has 8 heterocycles. The number of fused-ring (bicyclic) bond motifs is 13. The highest BCUT2D eigenvalue weighted by atomic mass is 16.3. The van der Waals surface area contributed by atoms with E-state index in [1.807, 2.05) is 170 Å². The van der Waals surface area contributed by atoms with E-state index >= 15 is 0 Å². The number of hydrogen-bond donors (Lipinski definition) is 0. The van der Waals surface area contributed by atoms with Crippen LogP contribution in [-0.4, -0.2) is 68.9 Å². The van der Waals surface area contributed by atoms with Crippen LogP contribution in [-0.2, 0) is 0 Å². The maximum Gasteiger partial charge on any atom is 0.239 e. The summed E-state index contributed by atoms with van der Waals surface area (Å²) in [7, 11) is 0. The van der Waals surface area contributed by atoms with Gasteiger partial charge in [0.2, 0.25) is 35.2 Å². The van der Waals surface area contributed by atoms with E-state index in [0.29, 0.717) is 58.7 Å². The molecule has 0 saturated heterocycles. The van der Waals surface area contributed by atoms with Crippen molar-refractivity contribution in [2.45, 2.75) is 63.2 Å². The Morgan fingerprint density at radius 2 is 0.529 bits per heavy atom. The molecule has 11 aromatic carbocycles. The fourth-order valence-corrected chi connectivity index (χ4v) is 16.0. The summed E-state index contributed by atoms with van der Waals surface area (Å²) in [5, 5.41) is 8.20. The topological polar surface area (TPSA) is 191 Å². The van der Waals surface area contributed by atoms with Crippen molar-refractivity contribution in [3.8, 4) is 104 Å². The lowest BCUT2D eigenvalue weighted by atomic mass is 9.94. The standard InChI is InChI=1S/C88H60N14O2/c1-5-25-53(26-6-1)77-89-78(54-27-7-2-8-28-54)93-83(92-77)85-96-86(84-94-79(55-29-9-3-10-30-55)90-80(95-84)56-31-11-4-12-32-56)100-88(99-85)102-68-42-38-58(52-23-15-16-24-52)48-66(68)76-70(102)44-43-69-75(76)65-47-57(51-21-13-14-22-51)37-41-67(65)101(69)87-97-81(59-39-45-73-63(49-59)61-33-17-19-35-71(61)103-73)91-82(98-87)60-40-46-74-64(50-60)62-34-18-20-36-72(62)104-74/h1-12,17-20,25-52H,13-16,21-24H2. The summed E-state index contributed by atoms with van der Waals surface area (Å²) in [6.07, 6.45) is 9.23. The van der Waals surface area contributed by atoms with E-state index in [0.717, 1.165) is 147 Å². The van der Waals surface area contributed by atoms with Gasteiger partial charge in [-0.1, -0.05) is 196 Å². The van der Waals surface area contributed by atoms with Crippen LogP contribution in [0, 0.1) is 0 Å². The van der Waals surface area contributed by atoms with Crippen molar-refractivity contribution in [3.05, 3.63) is 266 Å². The summed E-state index contributed by atoms with van der Waals surface area (Å²) in [6, 6.07) is 87.0. The van der Waals surface area contributed by atoms with Crippen LogP contribution in [0.25, 0.3) is 191 Å². The Kier molecular flexibility index (Phi) is 13.8. The van der Waals surface area contributed by atoms with Gasteiger partial charge in [-0.2, -0.15) is 19.9 Å². The molecule has 2 saturated carbocycles. The third-order valence-corrected chi connectivity index (χ3v) is 21.1. The zero-order valence-corrected chi connectivity index (χ0v) is 56.1. The average Bonchev–Trinajstić information content (AvgIpc) is 1.55. The van der Waals surface area contributed by atoms with E-state index in [1.165, 1.54) is 36.8 Å². The van der Waals surface area contributed by atoms with Gasteiger partial charge in [-0.3, -0.25) is 9.13 Å². The first-order valence-corrected chi connectivity index (χ1v) is 35.6. The molecule has 0 bridgehead atoms. The second-order valence-corrected chi connectivity index (χ2v) is 27.3. The van der Waals surface area contributed by atoms with Crippen LogP contribution >= 0.6 is 0 Å². The van der Waals surface area contributed by atoms with Crippen LogP contribution in [0.5, 0.6) is 0 Å². The summed E-state index contributed by atoms with van der Waals surface area (Å²) in [6.45, 7) is 0. The highest BCUT2D eigenvalue weighted by Gasteiger charge is 2.30. The number of benzene rings is 11. The van der Waals surface area contributed by atoms with E-state index in [2.05, 4.69) is 94.1 Å². The van der Waals surface area contributed by atoms with Crippen molar-refractivity contribution >= 4 is 87.5 Å². The first-order valence-electron chi connectivity index (χ1n) is 35.6. The van der Waals surface area contributed by atoms with Gasteiger partial charge < -0.3 is 8.83 Å². The van der Waals surface area contributed by atoms with Crippen LogP contribution < -0.4 is 0 Å². The van der Waals surface area contributed by atoms with Gasteiger partial charge in [-0.05, 0) is 134 Å². The molecule has 16 heteroatoms. The summed E-state index contributed by atoms with van der Waals surface area (Å²) in [5.41, 5.74) is 14.3. The minimum atomic E-state index is 0.197. The molecule has 0 amide bonds. The van der Waals surface area contributed by atoms with Gasteiger partial charge in [0.25, 0.3) is 0 Å². The van der Waals surface area contributed by atoms with Gasteiger partial charge in [0.05, 0.1) is 22.1 Å². The zero-order valence-electron chi connectivity index (χ0n) is 56.1. The minimum absolute atomic E-state index is 0.197. The lowest BCUT2D eigenvalue weighted by molar-refractivity contribution is 0.668. The van der Waals surface area contributed by atoms with Crippen molar-refractivity contribution in [1.82, 2.24) is 68.9 Å². The molecule has 0 spiro atoms. The van der Waals surface area contributed by atoms with E-state index in [9.17, 15) is 0 Å². The molecule has 0 unspecified atom stereocenters. The van der Waals surface area contributed by atoms with E-state index < -0.39 is 0 Å². The number of aromatic nitrogens is 14. The average molecular weight is 1350 g/mol. The highest BCUT2D eigenvalue weighted by Crippen LogP contribution is 2.47. The van der Waals surface area contributed by atoms with Gasteiger partial charge in [-0.25, -0.2) is 39.9 Å². The number of rotatable bonds is 12. The van der Waals surface area contributed by atoms with Crippen LogP contribution in [0.15, 0.2) is 264 Å². The van der Waals surface area contributed by atoms with E-state index in [1.54, 1.807) is 0 Å². The van der Waals surface area contributed by atoms with E-state index in [4.69, 9.17) is 68.6 Å². The Labute approximate surface area is 594 Å². The fraction of sp³-hybridized carbons (Fsp3) is 0.114. The van der Waals surface area contributed by atoms with Crippen LogP contribution in [0.2, 0.25) is 0 Å². The van der Waals surface area contributed by atoms with Crippen molar-refractivity contribution in [1.29, 1.82) is 0 Å². The minimum Gasteiger partial charge on any atom is -0.456 e. The predicted octanol–water partition coefficient (Wildman–Crippen LogP) is 21.1. The molecule has 0 aliphatic heterocycles. The molecule has 19 aromatic rings. The lowest BCUT2D eigenvalue weighted by Crippen LogP contribution is -2.10. The number of hydrogen-bond acceptors (Lipinski definition) is 14. The Balaban J connectivity index is 0.851. The molecule has 494 valence electrons. The van der Waals surface area contributed by atoms with Gasteiger partial charge in [0, 0.05) is 76.5 Å². The Morgan fingerprint density at radius 3 is 0.913 bits per heavy atom. The fourth-order valence-electron chi connectivity index (χ4n) is 16.0. The molecule has 0 radical (unpaired) electrons. The molecule has 8 aromatic heterocycles. The second kappa shape index (κ2) is 24.2. The molecule has 21 rings (SSSR count). The lowest BCUT2D eigenvalue weighted by Gasteiger charge is -2.13. The van der Waals surface area contributed by atoms with Crippen molar-refractivity contribution in [2.24, 2.45) is 0 Å². The highest BCUT2D eigenvalue weighted by molar-refractivity contribution is 6.29. The second-order valence-electron chi connectivity index (χ2n) is 27.3. The van der Waals surface area contributed by atoms with Crippen LogP contribution in [0.3, 0.4) is 0 Å². The number of nitrogens with zero attached hydrogens (tertiary/aromatic N) is 14. The summed E-state index contributed by atoms with van der Waals surface area (Å²) in [5.74, 6) is 5.33. The third kappa shape index (κ3) is 10.1. The molecular weight excluding hydrogens is 1290 g/mol. The van der Waals surface area contributed by atoms with Gasteiger partial charge in [0.15, 0.2) is 34.9 Å². The zero-order chi connectivity index (χ0) is 68.3. The molecule has 104 heavy (non-hydrogen) atoms. The smallest absolute Gasteiger partial charge is 0.239 e. The van der Waals surface area contributed by atoms with Gasteiger partial charge >= 0.3 is 0 Å². The molecule has 2 aliphatic carbocycles. The number of para-hydroxylation sites is 2.